The number of hydrogen-bond acceptors (Lipinski definition) is 3. The molecule has 5 nitrogen and oxygen atoms in total. The van der Waals surface area contributed by atoms with Gasteiger partial charge in [0.05, 0.1) is 6.54 Å². The van der Waals surface area contributed by atoms with Crippen LogP contribution in [0.15, 0.2) is 36.7 Å². The zero-order valence-electron chi connectivity index (χ0n) is 12.6. The smallest absolute Gasteiger partial charge is 0.244 e. The standard InChI is InChI=1S/C16H20N4O/c1-12(2)14-7-4-13(5-8-14)6-9-16(21)17-10-15-18-11-20(3)19-15/h4-9,11-12H,10H2,1-3H3,(H,17,21)/b9-6+. The average Bonchev–Trinajstić information content (AvgIpc) is 2.89. The number of nitrogens with one attached hydrogen (secondary N) is 1. The summed E-state index contributed by atoms with van der Waals surface area (Å²) in [6.45, 7) is 4.64. The predicted molar refractivity (Wildman–Crippen MR) is 82.4 cm³/mol. The topological polar surface area (TPSA) is 59.8 Å². The van der Waals surface area contributed by atoms with Gasteiger partial charge < -0.3 is 5.32 Å². The second-order valence-electron chi connectivity index (χ2n) is 5.21. The average molecular weight is 284 g/mol. The molecule has 0 atom stereocenters. The summed E-state index contributed by atoms with van der Waals surface area (Å²) < 4.78 is 1.60. The largest absolute Gasteiger partial charge is 0.345 e. The first kappa shape index (κ1) is 15.0. The van der Waals surface area contributed by atoms with Crippen LogP contribution in [0.3, 0.4) is 0 Å². The van der Waals surface area contributed by atoms with E-state index in [-0.39, 0.29) is 5.91 Å². The molecule has 0 aliphatic rings. The van der Waals surface area contributed by atoms with Crippen LogP contribution in [0.2, 0.25) is 0 Å². The van der Waals surface area contributed by atoms with Crippen molar-refractivity contribution in [3.63, 3.8) is 0 Å². The molecule has 0 fully saturated rings. The van der Waals surface area contributed by atoms with E-state index in [1.165, 1.54) is 11.6 Å². The molecular formula is C16H20N4O. The molecule has 110 valence electrons. The highest BCUT2D eigenvalue weighted by molar-refractivity contribution is 5.91. The minimum atomic E-state index is -0.157. The van der Waals surface area contributed by atoms with Gasteiger partial charge in [0.1, 0.15) is 6.33 Å². The van der Waals surface area contributed by atoms with Crippen molar-refractivity contribution in [2.45, 2.75) is 26.3 Å². The maximum Gasteiger partial charge on any atom is 0.244 e. The van der Waals surface area contributed by atoms with Gasteiger partial charge in [-0.25, -0.2) is 4.98 Å². The third-order valence-corrected chi connectivity index (χ3v) is 3.10. The van der Waals surface area contributed by atoms with Gasteiger partial charge >= 0.3 is 0 Å². The van der Waals surface area contributed by atoms with E-state index >= 15 is 0 Å². The Balaban J connectivity index is 1.86. The number of amides is 1. The number of aryl methyl sites for hydroxylation is 1. The fourth-order valence-electron chi connectivity index (χ4n) is 1.85. The molecule has 0 aliphatic heterocycles. The maximum absolute atomic E-state index is 11.7. The van der Waals surface area contributed by atoms with Crippen LogP contribution in [0.4, 0.5) is 0 Å². The Kier molecular flexibility index (Phi) is 4.87. The number of aromatic nitrogens is 3. The first-order chi connectivity index (χ1) is 10.0. The number of benzene rings is 1. The van der Waals surface area contributed by atoms with E-state index in [4.69, 9.17) is 0 Å². The van der Waals surface area contributed by atoms with Gasteiger partial charge in [-0.3, -0.25) is 9.48 Å². The van der Waals surface area contributed by atoms with E-state index in [2.05, 4.69) is 41.4 Å². The number of nitrogens with zero attached hydrogens (tertiary/aromatic N) is 3. The number of carbonyl (C=O) groups is 1. The number of rotatable bonds is 5. The van der Waals surface area contributed by atoms with Crippen molar-refractivity contribution in [1.29, 1.82) is 0 Å². The van der Waals surface area contributed by atoms with Crippen LogP contribution in [0.5, 0.6) is 0 Å². The van der Waals surface area contributed by atoms with Crippen LogP contribution in [-0.4, -0.2) is 20.7 Å². The second kappa shape index (κ2) is 6.83. The lowest BCUT2D eigenvalue weighted by atomic mass is 10.0. The second-order valence-corrected chi connectivity index (χ2v) is 5.21. The van der Waals surface area contributed by atoms with Gasteiger partial charge in [0.15, 0.2) is 5.82 Å². The van der Waals surface area contributed by atoms with Crippen molar-refractivity contribution >= 4 is 12.0 Å². The number of carbonyl (C=O) groups excluding carboxylic acids is 1. The third-order valence-electron chi connectivity index (χ3n) is 3.10. The van der Waals surface area contributed by atoms with Crippen molar-refractivity contribution in [3.05, 3.63) is 53.6 Å². The van der Waals surface area contributed by atoms with Crippen molar-refractivity contribution < 1.29 is 4.79 Å². The summed E-state index contributed by atoms with van der Waals surface area (Å²) >= 11 is 0. The Morgan fingerprint density at radius 2 is 2.05 bits per heavy atom. The summed E-state index contributed by atoms with van der Waals surface area (Å²) in [6, 6.07) is 8.19. The van der Waals surface area contributed by atoms with Crippen molar-refractivity contribution in [2.75, 3.05) is 0 Å². The lowest BCUT2D eigenvalue weighted by Crippen LogP contribution is -2.21. The van der Waals surface area contributed by atoms with Crippen LogP contribution in [0.25, 0.3) is 6.08 Å². The van der Waals surface area contributed by atoms with Crippen molar-refractivity contribution in [1.82, 2.24) is 20.1 Å². The maximum atomic E-state index is 11.7. The molecule has 1 N–H and O–H groups in total. The monoisotopic (exact) mass is 284 g/mol. The summed E-state index contributed by atoms with van der Waals surface area (Å²) in [5, 5.41) is 6.84. The highest BCUT2D eigenvalue weighted by Crippen LogP contribution is 2.15. The van der Waals surface area contributed by atoms with Gasteiger partial charge in [-0.05, 0) is 23.1 Å². The fourth-order valence-corrected chi connectivity index (χ4v) is 1.85. The van der Waals surface area contributed by atoms with E-state index in [1.54, 1.807) is 24.1 Å². The first-order valence-corrected chi connectivity index (χ1v) is 6.95. The summed E-state index contributed by atoms with van der Waals surface area (Å²) in [5.41, 5.74) is 2.29. The van der Waals surface area contributed by atoms with E-state index in [0.717, 1.165) is 5.56 Å². The quantitative estimate of drug-likeness (QED) is 0.857. The molecule has 21 heavy (non-hydrogen) atoms. The van der Waals surface area contributed by atoms with E-state index in [1.807, 2.05) is 12.1 Å². The Morgan fingerprint density at radius 1 is 1.33 bits per heavy atom. The van der Waals surface area contributed by atoms with Crippen LogP contribution in [0, 0.1) is 0 Å². The molecule has 0 saturated heterocycles. The number of hydrogen-bond donors (Lipinski definition) is 1. The van der Waals surface area contributed by atoms with E-state index in [0.29, 0.717) is 18.3 Å². The third kappa shape index (κ3) is 4.56. The van der Waals surface area contributed by atoms with Gasteiger partial charge in [-0.15, -0.1) is 0 Å². The molecule has 2 aromatic rings. The Morgan fingerprint density at radius 3 is 2.62 bits per heavy atom. The minimum Gasteiger partial charge on any atom is -0.345 e. The van der Waals surface area contributed by atoms with Crippen molar-refractivity contribution in [3.8, 4) is 0 Å². The molecule has 0 bridgehead atoms. The summed E-state index contributed by atoms with van der Waals surface area (Å²) in [6.07, 6.45) is 4.92. The minimum absolute atomic E-state index is 0.157. The van der Waals surface area contributed by atoms with Gasteiger partial charge in [0.2, 0.25) is 5.91 Å². The van der Waals surface area contributed by atoms with Crippen LogP contribution in [-0.2, 0) is 18.4 Å². The SMILES string of the molecule is CC(C)c1ccc(/C=C/C(=O)NCc2ncn(C)n2)cc1. The predicted octanol–water partition coefficient (Wildman–Crippen LogP) is 2.27. The molecule has 0 radical (unpaired) electrons. The molecule has 0 spiro atoms. The van der Waals surface area contributed by atoms with Crippen molar-refractivity contribution in [2.24, 2.45) is 7.05 Å². The van der Waals surface area contributed by atoms with Gasteiger partial charge in [0, 0.05) is 13.1 Å². The van der Waals surface area contributed by atoms with Crippen LogP contribution in [0.1, 0.15) is 36.7 Å². The molecule has 2 rings (SSSR count). The molecule has 5 heteroatoms. The van der Waals surface area contributed by atoms with Gasteiger partial charge in [-0.1, -0.05) is 38.1 Å². The molecule has 1 amide bonds. The van der Waals surface area contributed by atoms with Crippen LogP contribution < -0.4 is 5.32 Å². The Labute approximate surface area is 124 Å². The molecule has 1 aromatic carbocycles. The molecule has 0 unspecified atom stereocenters. The Bertz CT molecular complexity index is 626. The normalized spacial score (nSPS) is 11.2. The van der Waals surface area contributed by atoms with Gasteiger partial charge in [0.25, 0.3) is 0 Å². The molecule has 0 aliphatic carbocycles. The fraction of sp³-hybridized carbons (Fsp3) is 0.312. The zero-order chi connectivity index (χ0) is 15.2. The van der Waals surface area contributed by atoms with E-state index < -0.39 is 0 Å². The lowest BCUT2D eigenvalue weighted by molar-refractivity contribution is -0.116. The molecule has 1 heterocycles. The molecule has 0 saturated carbocycles. The first-order valence-electron chi connectivity index (χ1n) is 6.95. The summed E-state index contributed by atoms with van der Waals surface area (Å²) in [4.78, 5) is 15.8. The highest BCUT2D eigenvalue weighted by Gasteiger charge is 2.01. The lowest BCUT2D eigenvalue weighted by Gasteiger charge is -2.04. The molecule has 1 aromatic heterocycles. The van der Waals surface area contributed by atoms with Gasteiger partial charge in [-0.2, -0.15) is 5.10 Å². The summed E-state index contributed by atoms with van der Waals surface area (Å²) in [7, 11) is 1.79. The van der Waals surface area contributed by atoms with E-state index in [9.17, 15) is 4.79 Å². The molecular weight excluding hydrogens is 264 g/mol. The highest BCUT2D eigenvalue weighted by atomic mass is 16.1. The zero-order valence-corrected chi connectivity index (χ0v) is 12.6. The summed E-state index contributed by atoms with van der Waals surface area (Å²) in [5.74, 6) is 0.952. The Hall–Kier alpha value is -2.43. The van der Waals surface area contributed by atoms with Crippen LogP contribution >= 0.6 is 0 Å².